The zero-order chi connectivity index (χ0) is 21.9. The van der Waals surface area contributed by atoms with Gasteiger partial charge in [0.2, 0.25) is 10.0 Å². The molecule has 160 valence electrons. The zero-order valence-electron chi connectivity index (χ0n) is 15.8. The van der Waals surface area contributed by atoms with Crippen molar-refractivity contribution < 1.29 is 32.0 Å². The van der Waals surface area contributed by atoms with Crippen LogP contribution in [-0.2, 0) is 14.8 Å². The first-order valence-corrected chi connectivity index (χ1v) is 10.2. The standard InChI is InChI=1S/C18H18FN3O7S/c1-28-16-5-2-12(10-15(16)22(24)25)18(23)20-13-3-4-14(19)17(11-13)30(26,27)21-6-8-29-9-7-21/h2-5,10-11H,6-9H2,1H3,(H,20,23). The van der Waals surface area contributed by atoms with Gasteiger partial charge in [-0.25, -0.2) is 12.8 Å². The molecule has 1 aliphatic rings. The van der Waals surface area contributed by atoms with Crippen molar-refractivity contribution in [2.45, 2.75) is 4.90 Å². The summed E-state index contributed by atoms with van der Waals surface area (Å²) in [5, 5.41) is 13.6. The molecule has 1 saturated heterocycles. The fourth-order valence-corrected chi connectivity index (χ4v) is 4.38. The van der Waals surface area contributed by atoms with E-state index in [2.05, 4.69) is 5.32 Å². The third-order valence-corrected chi connectivity index (χ3v) is 6.33. The van der Waals surface area contributed by atoms with Crippen LogP contribution in [0.2, 0.25) is 0 Å². The Balaban J connectivity index is 1.87. The van der Waals surface area contributed by atoms with Crippen LogP contribution in [0.1, 0.15) is 10.4 Å². The van der Waals surface area contributed by atoms with Crippen molar-refractivity contribution in [3.05, 3.63) is 57.9 Å². The van der Waals surface area contributed by atoms with E-state index in [1.54, 1.807) is 0 Å². The number of hydrogen-bond donors (Lipinski definition) is 1. The molecule has 30 heavy (non-hydrogen) atoms. The number of hydrogen-bond acceptors (Lipinski definition) is 7. The number of nitrogens with one attached hydrogen (secondary N) is 1. The molecule has 0 spiro atoms. The van der Waals surface area contributed by atoms with Gasteiger partial charge in [-0.15, -0.1) is 0 Å². The van der Waals surface area contributed by atoms with Gasteiger partial charge in [-0.2, -0.15) is 4.31 Å². The predicted octanol–water partition coefficient (Wildman–Crippen LogP) is 2.02. The molecule has 0 aromatic heterocycles. The first-order chi connectivity index (χ1) is 14.2. The summed E-state index contributed by atoms with van der Waals surface area (Å²) in [4.78, 5) is 22.3. The minimum atomic E-state index is -4.12. The Morgan fingerprint density at radius 2 is 1.93 bits per heavy atom. The molecule has 1 heterocycles. The number of methoxy groups -OCH3 is 1. The highest BCUT2D eigenvalue weighted by Gasteiger charge is 2.29. The summed E-state index contributed by atoms with van der Waals surface area (Å²) in [5.74, 6) is -1.71. The van der Waals surface area contributed by atoms with E-state index in [0.29, 0.717) is 0 Å². The van der Waals surface area contributed by atoms with Crippen molar-refractivity contribution >= 4 is 27.3 Å². The fourth-order valence-electron chi connectivity index (χ4n) is 2.88. The molecule has 1 aliphatic heterocycles. The summed E-state index contributed by atoms with van der Waals surface area (Å²) in [5.41, 5.74) is -0.434. The van der Waals surface area contributed by atoms with Gasteiger partial charge >= 0.3 is 5.69 Å². The summed E-state index contributed by atoms with van der Waals surface area (Å²) in [7, 11) is -2.86. The number of ether oxygens (including phenoxy) is 2. The van der Waals surface area contributed by atoms with Crippen LogP contribution < -0.4 is 10.1 Å². The van der Waals surface area contributed by atoms with Crippen molar-refractivity contribution in [1.82, 2.24) is 4.31 Å². The number of rotatable bonds is 6. The van der Waals surface area contributed by atoms with E-state index in [-0.39, 0.29) is 43.3 Å². The van der Waals surface area contributed by atoms with Gasteiger partial charge in [0, 0.05) is 30.4 Å². The summed E-state index contributed by atoms with van der Waals surface area (Å²) in [6.45, 7) is 0.586. The van der Waals surface area contributed by atoms with Crippen molar-refractivity contribution in [1.29, 1.82) is 0 Å². The number of carbonyl (C=O) groups is 1. The van der Waals surface area contributed by atoms with Crippen LogP contribution in [-0.4, -0.2) is 57.0 Å². The Morgan fingerprint density at radius 1 is 1.23 bits per heavy atom. The number of sulfonamides is 1. The van der Waals surface area contributed by atoms with E-state index in [4.69, 9.17) is 9.47 Å². The second kappa shape index (κ2) is 8.73. The van der Waals surface area contributed by atoms with E-state index >= 15 is 0 Å². The summed E-state index contributed by atoms with van der Waals surface area (Å²) < 4.78 is 50.8. The first-order valence-electron chi connectivity index (χ1n) is 8.75. The highest BCUT2D eigenvalue weighted by Crippen LogP contribution is 2.28. The van der Waals surface area contributed by atoms with Crippen LogP contribution >= 0.6 is 0 Å². The highest BCUT2D eigenvalue weighted by atomic mass is 32.2. The van der Waals surface area contributed by atoms with Crippen LogP contribution in [0.3, 0.4) is 0 Å². The maximum Gasteiger partial charge on any atom is 0.311 e. The van der Waals surface area contributed by atoms with Crippen LogP contribution in [0.15, 0.2) is 41.3 Å². The fraction of sp³-hybridized carbons (Fsp3) is 0.278. The summed E-state index contributed by atoms with van der Waals surface area (Å²) >= 11 is 0. The maximum atomic E-state index is 14.3. The third kappa shape index (κ3) is 4.40. The van der Waals surface area contributed by atoms with E-state index in [1.165, 1.54) is 25.3 Å². The number of nitro benzene ring substituents is 1. The molecule has 1 amide bonds. The number of halogens is 1. The third-order valence-electron chi connectivity index (χ3n) is 4.41. The molecule has 0 radical (unpaired) electrons. The van der Waals surface area contributed by atoms with E-state index in [0.717, 1.165) is 22.5 Å². The van der Waals surface area contributed by atoms with Gasteiger partial charge in [-0.3, -0.25) is 14.9 Å². The summed E-state index contributed by atoms with van der Waals surface area (Å²) in [6.07, 6.45) is 0. The Kier molecular flexibility index (Phi) is 6.29. The quantitative estimate of drug-likeness (QED) is 0.539. The number of anilines is 1. The molecular weight excluding hydrogens is 421 g/mol. The lowest BCUT2D eigenvalue weighted by Crippen LogP contribution is -2.40. The van der Waals surface area contributed by atoms with Gasteiger partial charge in [-0.05, 0) is 30.3 Å². The Labute approximate surface area is 171 Å². The molecule has 0 unspecified atom stereocenters. The minimum Gasteiger partial charge on any atom is -0.490 e. The Hall–Kier alpha value is -3.09. The molecule has 10 nitrogen and oxygen atoms in total. The largest absolute Gasteiger partial charge is 0.490 e. The van der Waals surface area contributed by atoms with Crippen molar-refractivity contribution in [2.75, 3.05) is 38.7 Å². The summed E-state index contributed by atoms with van der Waals surface area (Å²) in [6, 6.07) is 6.75. The average Bonchev–Trinajstić information content (AvgIpc) is 2.75. The van der Waals surface area contributed by atoms with Crippen LogP contribution in [0.25, 0.3) is 0 Å². The maximum absolute atomic E-state index is 14.3. The zero-order valence-corrected chi connectivity index (χ0v) is 16.6. The molecule has 0 bridgehead atoms. The lowest BCUT2D eigenvalue weighted by Gasteiger charge is -2.26. The molecule has 1 fully saturated rings. The number of nitrogens with zero attached hydrogens (tertiary/aromatic N) is 2. The Morgan fingerprint density at radius 3 is 2.57 bits per heavy atom. The van der Waals surface area contributed by atoms with E-state index < -0.39 is 37.3 Å². The molecule has 0 atom stereocenters. The molecule has 2 aromatic rings. The SMILES string of the molecule is COc1ccc(C(=O)Nc2ccc(F)c(S(=O)(=O)N3CCOCC3)c2)cc1[N+](=O)[O-]. The van der Waals surface area contributed by atoms with Gasteiger partial charge in [0.1, 0.15) is 10.7 Å². The van der Waals surface area contributed by atoms with E-state index in [1.807, 2.05) is 0 Å². The molecule has 0 saturated carbocycles. The van der Waals surface area contributed by atoms with E-state index in [9.17, 15) is 27.7 Å². The first kappa shape index (κ1) is 21.6. The van der Waals surface area contributed by atoms with Crippen molar-refractivity contribution in [3.8, 4) is 5.75 Å². The van der Waals surface area contributed by atoms with Crippen molar-refractivity contribution in [3.63, 3.8) is 0 Å². The van der Waals surface area contributed by atoms with Gasteiger partial charge < -0.3 is 14.8 Å². The predicted molar refractivity (Wildman–Crippen MR) is 104 cm³/mol. The average molecular weight is 439 g/mol. The van der Waals surface area contributed by atoms with Gasteiger partial charge in [0.05, 0.1) is 25.2 Å². The van der Waals surface area contributed by atoms with Crippen LogP contribution in [0.4, 0.5) is 15.8 Å². The van der Waals surface area contributed by atoms with Crippen LogP contribution in [0, 0.1) is 15.9 Å². The highest BCUT2D eigenvalue weighted by molar-refractivity contribution is 7.89. The second-order valence-electron chi connectivity index (χ2n) is 6.26. The smallest absolute Gasteiger partial charge is 0.311 e. The molecular formula is C18H18FN3O7S. The van der Waals surface area contributed by atoms with Crippen LogP contribution in [0.5, 0.6) is 5.75 Å². The van der Waals surface area contributed by atoms with Gasteiger partial charge in [0.15, 0.2) is 5.75 Å². The number of benzene rings is 2. The molecule has 2 aromatic carbocycles. The van der Waals surface area contributed by atoms with Crippen molar-refractivity contribution in [2.24, 2.45) is 0 Å². The minimum absolute atomic E-state index is 0.0165. The second-order valence-corrected chi connectivity index (χ2v) is 8.17. The van der Waals surface area contributed by atoms with Gasteiger partial charge in [-0.1, -0.05) is 0 Å². The molecule has 3 rings (SSSR count). The lowest BCUT2D eigenvalue weighted by atomic mass is 10.1. The number of amides is 1. The molecule has 0 aliphatic carbocycles. The van der Waals surface area contributed by atoms with Gasteiger partial charge in [0.25, 0.3) is 5.91 Å². The molecule has 1 N–H and O–H groups in total. The topological polar surface area (TPSA) is 128 Å². The normalized spacial score (nSPS) is 14.9. The number of carbonyl (C=O) groups excluding carboxylic acids is 1. The monoisotopic (exact) mass is 439 g/mol. The molecule has 12 heteroatoms. The number of nitro groups is 1. The Bertz CT molecular complexity index is 1090. The number of morpholine rings is 1. The lowest BCUT2D eigenvalue weighted by molar-refractivity contribution is -0.385.